The molecule has 0 aliphatic carbocycles. The molecule has 2 aromatic rings. The van der Waals surface area contributed by atoms with Gasteiger partial charge in [-0.2, -0.15) is 13.2 Å². The minimum Gasteiger partial charge on any atom is -0.355 e. The molecule has 126 valence electrons. The normalized spacial score (nSPS) is 11.9. The lowest BCUT2D eigenvalue weighted by Gasteiger charge is -2.12. The Bertz CT molecular complexity index is 722. The van der Waals surface area contributed by atoms with Crippen LogP contribution in [0.4, 0.5) is 13.2 Å². The van der Waals surface area contributed by atoms with Crippen LogP contribution in [0.3, 0.4) is 0 Å². The number of rotatable bonds is 5. The summed E-state index contributed by atoms with van der Waals surface area (Å²) in [4.78, 5) is 15.3. The van der Waals surface area contributed by atoms with Crippen LogP contribution in [0.5, 0.6) is 0 Å². The van der Waals surface area contributed by atoms with E-state index in [0.717, 1.165) is 15.7 Å². The highest BCUT2D eigenvalue weighted by atomic mass is 19.4. The van der Waals surface area contributed by atoms with Crippen LogP contribution in [-0.2, 0) is 17.5 Å². The number of aryl methyl sites for hydroxylation is 3. The number of alkyl halides is 3. The highest BCUT2D eigenvalue weighted by Crippen LogP contribution is 2.32. The number of carbonyl (C=O) groups excluding carboxylic acids is 1. The van der Waals surface area contributed by atoms with Crippen LogP contribution in [-0.4, -0.2) is 28.5 Å². The van der Waals surface area contributed by atoms with Crippen molar-refractivity contribution in [1.82, 2.24) is 14.9 Å². The maximum atomic E-state index is 13.2. The Hall–Kier alpha value is -2.09. The summed E-state index contributed by atoms with van der Waals surface area (Å²) in [5, 5.41) is 2.54. The maximum absolute atomic E-state index is 13.2. The van der Waals surface area contributed by atoms with E-state index in [2.05, 4.69) is 10.3 Å². The predicted octanol–water partition coefficient (Wildman–Crippen LogP) is 2.14. The molecule has 1 amide bonds. The van der Waals surface area contributed by atoms with Crippen LogP contribution in [0.2, 0.25) is 0 Å². The molecule has 0 aliphatic rings. The molecule has 2 rings (SSSR count). The van der Waals surface area contributed by atoms with E-state index in [-0.39, 0.29) is 30.9 Å². The lowest BCUT2D eigenvalue weighted by Crippen LogP contribution is -2.30. The second-order valence-corrected chi connectivity index (χ2v) is 5.40. The number of halogens is 3. The van der Waals surface area contributed by atoms with E-state index >= 15 is 0 Å². The molecule has 0 saturated carbocycles. The zero-order valence-corrected chi connectivity index (χ0v) is 13.0. The van der Waals surface area contributed by atoms with E-state index in [1.54, 1.807) is 12.1 Å². The first-order valence-corrected chi connectivity index (χ1v) is 7.25. The van der Waals surface area contributed by atoms with Gasteiger partial charge in [0, 0.05) is 26.1 Å². The first-order chi connectivity index (χ1) is 10.7. The van der Waals surface area contributed by atoms with Crippen LogP contribution in [0.1, 0.15) is 23.4 Å². The number of nitrogens with two attached hydrogens (primary N) is 1. The third-order valence-electron chi connectivity index (χ3n) is 3.65. The molecular formula is C15H19F3N4O. The Labute approximate surface area is 131 Å². The zero-order chi connectivity index (χ0) is 17.2. The Morgan fingerprint density at radius 2 is 1.96 bits per heavy atom. The van der Waals surface area contributed by atoms with Crippen LogP contribution in [0.15, 0.2) is 12.1 Å². The van der Waals surface area contributed by atoms with Crippen molar-refractivity contribution in [2.24, 2.45) is 5.73 Å². The predicted molar refractivity (Wildman–Crippen MR) is 80.9 cm³/mol. The third kappa shape index (κ3) is 3.82. The average Bonchev–Trinajstić information content (AvgIpc) is 2.81. The SMILES string of the molecule is Cc1cc2nc(C(F)(F)F)n(CCC(=O)NCCN)c2cc1C. The van der Waals surface area contributed by atoms with Crippen molar-refractivity contribution in [3.8, 4) is 0 Å². The first-order valence-electron chi connectivity index (χ1n) is 7.25. The van der Waals surface area contributed by atoms with Gasteiger partial charge in [-0.25, -0.2) is 4.98 Å². The summed E-state index contributed by atoms with van der Waals surface area (Å²) >= 11 is 0. The van der Waals surface area contributed by atoms with Gasteiger partial charge in [0.1, 0.15) is 0 Å². The van der Waals surface area contributed by atoms with E-state index in [9.17, 15) is 18.0 Å². The molecule has 0 spiro atoms. The van der Waals surface area contributed by atoms with E-state index < -0.39 is 12.0 Å². The molecule has 23 heavy (non-hydrogen) atoms. The number of hydrogen-bond donors (Lipinski definition) is 2. The van der Waals surface area contributed by atoms with Crippen LogP contribution in [0.25, 0.3) is 11.0 Å². The highest BCUT2D eigenvalue weighted by Gasteiger charge is 2.37. The Morgan fingerprint density at radius 3 is 2.57 bits per heavy atom. The van der Waals surface area contributed by atoms with E-state index in [1.807, 2.05) is 13.8 Å². The molecule has 0 atom stereocenters. The average molecular weight is 328 g/mol. The van der Waals surface area contributed by atoms with Crippen molar-refractivity contribution in [2.75, 3.05) is 13.1 Å². The van der Waals surface area contributed by atoms with E-state index in [0.29, 0.717) is 12.1 Å². The molecule has 1 aromatic heterocycles. The number of fused-ring (bicyclic) bond motifs is 1. The van der Waals surface area contributed by atoms with E-state index in [4.69, 9.17) is 5.73 Å². The second kappa shape index (κ2) is 6.57. The van der Waals surface area contributed by atoms with Crippen molar-refractivity contribution in [1.29, 1.82) is 0 Å². The van der Waals surface area contributed by atoms with Gasteiger partial charge < -0.3 is 15.6 Å². The van der Waals surface area contributed by atoms with Gasteiger partial charge in [0.05, 0.1) is 11.0 Å². The number of nitrogens with zero attached hydrogens (tertiary/aromatic N) is 2. The second-order valence-electron chi connectivity index (χ2n) is 5.40. The molecule has 8 heteroatoms. The number of imidazole rings is 1. The van der Waals surface area contributed by atoms with Gasteiger partial charge in [-0.1, -0.05) is 0 Å². The van der Waals surface area contributed by atoms with Crippen LogP contribution in [0, 0.1) is 13.8 Å². The molecule has 0 bridgehead atoms. The number of carbonyl (C=O) groups is 1. The molecule has 5 nitrogen and oxygen atoms in total. The van der Waals surface area contributed by atoms with Gasteiger partial charge in [0.25, 0.3) is 0 Å². The lowest BCUT2D eigenvalue weighted by molar-refractivity contribution is -0.147. The monoisotopic (exact) mass is 328 g/mol. The quantitative estimate of drug-likeness (QED) is 0.883. The number of aromatic nitrogens is 2. The fourth-order valence-corrected chi connectivity index (χ4v) is 2.34. The smallest absolute Gasteiger partial charge is 0.355 e. The van der Waals surface area contributed by atoms with Crippen molar-refractivity contribution in [3.05, 3.63) is 29.1 Å². The minimum atomic E-state index is -4.57. The summed E-state index contributed by atoms with van der Waals surface area (Å²) in [5.74, 6) is -1.32. The van der Waals surface area contributed by atoms with Gasteiger partial charge in [0.15, 0.2) is 0 Å². The zero-order valence-electron chi connectivity index (χ0n) is 13.0. The summed E-state index contributed by atoms with van der Waals surface area (Å²) in [7, 11) is 0. The van der Waals surface area contributed by atoms with Gasteiger partial charge in [-0.3, -0.25) is 4.79 Å². The first kappa shape index (κ1) is 17.3. The standard InChI is InChI=1S/C15H19F3N4O/c1-9-7-11-12(8-10(9)2)22(14(21-11)15(16,17)18)6-3-13(23)20-5-4-19/h7-8H,3-6,19H2,1-2H3,(H,20,23). The molecule has 1 heterocycles. The fourth-order valence-electron chi connectivity index (χ4n) is 2.34. The summed E-state index contributed by atoms with van der Waals surface area (Å²) < 4.78 is 40.7. The van der Waals surface area contributed by atoms with Gasteiger partial charge in [-0.05, 0) is 37.1 Å². The van der Waals surface area contributed by atoms with Crippen LogP contribution < -0.4 is 11.1 Å². The molecule has 0 aliphatic heterocycles. The number of nitrogens with one attached hydrogen (secondary N) is 1. The molecule has 0 fully saturated rings. The van der Waals surface area contributed by atoms with Crippen molar-refractivity contribution in [2.45, 2.75) is 33.0 Å². The number of amides is 1. The van der Waals surface area contributed by atoms with Crippen LogP contribution >= 0.6 is 0 Å². The minimum absolute atomic E-state index is 0.0680. The molecular weight excluding hydrogens is 309 g/mol. The van der Waals surface area contributed by atoms with Crippen molar-refractivity contribution < 1.29 is 18.0 Å². The molecule has 0 unspecified atom stereocenters. The molecule has 1 aromatic carbocycles. The molecule has 0 saturated heterocycles. The summed E-state index contributed by atoms with van der Waals surface area (Å²) in [6, 6.07) is 3.30. The number of hydrogen-bond acceptors (Lipinski definition) is 3. The number of benzene rings is 1. The van der Waals surface area contributed by atoms with Gasteiger partial charge >= 0.3 is 6.18 Å². The Morgan fingerprint density at radius 1 is 1.30 bits per heavy atom. The molecule has 0 radical (unpaired) electrons. The largest absolute Gasteiger partial charge is 0.449 e. The Kier molecular flexibility index (Phi) is 4.93. The topological polar surface area (TPSA) is 72.9 Å². The van der Waals surface area contributed by atoms with Gasteiger partial charge in [0.2, 0.25) is 11.7 Å². The third-order valence-corrected chi connectivity index (χ3v) is 3.65. The summed E-state index contributed by atoms with van der Waals surface area (Å²) in [6.07, 6.45) is -4.64. The van der Waals surface area contributed by atoms with Crippen molar-refractivity contribution >= 4 is 16.9 Å². The Balaban J connectivity index is 2.39. The van der Waals surface area contributed by atoms with Crippen molar-refractivity contribution in [3.63, 3.8) is 0 Å². The summed E-state index contributed by atoms with van der Waals surface area (Å²) in [5.41, 5.74) is 7.68. The highest BCUT2D eigenvalue weighted by molar-refractivity contribution is 5.79. The van der Waals surface area contributed by atoms with Gasteiger partial charge in [-0.15, -0.1) is 0 Å². The molecule has 3 N–H and O–H groups in total. The lowest BCUT2D eigenvalue weighted by atomic mass is 10.1. The van der Waals surface area contributed by atoms with E-state index in [1.165, 1.54) is 0 Å². The summed E-state index contributed by atoms with van der Waals surface area (Å²) in [6.45, 7) is 4.14. The fraction of sp³-hybridized carbons (Fsp3) is 0.467. The maximum Gasteiger partial charge on any atom is 0.449 e.